The van der Waals surface area contributed by atoms with E-state index in [9.17, 15) is 16.8 Å². The predicted octanol–water partition coefficient (Wildman–Crippen LogP) is 1.50. The molecule has 0 aliphatic rings. The van der Waals surface area contributed by atoms with Gasteiger partial charge in [-0.3, -0.25) is 0 Å². The van der Waals surface area contributed by atoms with E-state index in [0.29, 0.717) is 12.1 Å². The second-order valence-corrected chi connectivity index (χ2v) is 19.8. The van der Waals surface area contributed by atoms with Gasteiger partial charge in [0, 0.05) is 24.0 Å². The second-order valence-electron chi connectivity index (χ2n) is 6.38. The minimum atomic E-state index is -2.97. The first-order valence-electron chi connectivity index (χ1n) is 6.18. The molecule has 0 N–H and O–H groups in total. The van der Waals surface area contributed by atoms with Gasteiger partial charge in [-0.25, -0.2) is 16.8 Å². The van der Waals surface area contributed by atoms with Crippen LogP contribution in [0.5, 0.6) is 0 Å². The van der Waals surface area contributed by atoms with E-state index in [4.69, 9.17) is 4.12 Å². The van der Waals surface area contributed by atoms with Gasteiger partial charge in [0.05, 0.1) is 0 Å². The van der Waals surface area contributed by atoms with Gasteiger partial charge in [0.25, 0.3) is 0 Å². The van der Waals surface area contributed by atoms with Crippen LogP contribution in [0.2, 0.25) is 38.3 Å². The molecule has 0 fully saturated rings. The molecule has 0 bridgehead atoms. The van der Waals surface area contributed by atoms with Gasteiger partial charge in [-0.1, -0.05) is 0 Å². The van der Waals surface area contributed by atoms with Gasteiger partial charge in [-0.15, -0.1) is 0 Å². The third kappa shape index (κ3) is 11.8. The van der Waals surface area contributed by atoms with E-state index in [1.807, 2.05) is 26.2 Å². The summed E-state index contributed by atoms with van der Waals surface area (Å²) in [7, 11) is -10.1. The van der Waals surface area contributed by atoms with Gasteiger partial charge in [-0.2, -0.15) is 0 Å². The highest BCUT2D eigenvalue weighted by molar-refractivity contribution is 7.91. The van der Waals surface area contributed by atoms with Crippen LogP contribution in [0.4, 0.5) is 0 Å². The van der Waals surface area contributed by atoms with Crippen molar-refractivity contribution in [3.05, 3.63) is 0 Å². The summed E-state index contributed by atoms with van der Waals surface area (Å²) < 4.78 is 51.0. The van der Waals surface area contributed by atoms with E-state index in [2.05, 4.69) is 0 Å². The van der Waals surface area contributed by atoms with E-state index in [-0.39, 0.29) is 11.5 Å². The summed E-state index contributed by atoms with van der Waals surface area (Å²) in [5, 5.41) is 0. The van der Waals surface area contributed by atoms with E-state index >= 15 is 0 Å². The van der Waals surface area contributed by atoms with Gasteiger partial charge in [-0.05, 0) is 38.3 Å². The highest BCUT2D eigenvalue weighted by Gasteiger charge is 2.34. The van der Waals surface area contributed by atoms with Gasteiger partial charge in [0.1, 0.15) is 19.7 Å². The molecule has 0 heterocycles. The summed E-state index contributed by atoms with van der Waals surface area (Å²) in [4.78, 5) is 0. The van der Waals surface area contributed by atoms with Crippen LogP contribution in [0, 0.1) is 0 Å². The second kappa shape index (κ2) is 6.38. The van der Waals surface area contributed by atoms with Crippen LogP contribution < -0.4 is 0 Å². The van der Waals surface area contributed by atoms with Crippen LogP contribution in [0.25, 0.3) is 0 Å². The van der Waals surface area contributed by atoms with Crippen LogP contribution >= 0.6 is 0 Å². The van der Waals surface area contributed by atoms with E-state index in [0.717, 1.165) is 0 Å². The zero-order chi connectivity index (χ0) is 15.5. The summed E-state index contributed by atoms with van der Waals surface area (Å²) in [6.07, 6.45) is 2.45. The molecule has 0 spiro atoms. The monoisotopic (exact) mass is 346 g/mol. The smallest absolute Gasteiger partial charge is 0.174 e. The van der Waals surface area contributed by atoms with Crippen molar-refractivity contribution in [2.45, 2.75) is 38.3 Å². The minimum absolute atomic E-state index is 0.142. The Hall–Kier alpha value is 0.294. The highest BCUT2D eigenvalue weighted by Crippen LogP contribution is 2.22. The van der Waals surface area contributed by atoms with Crippen molar-refractivity contribution >= 4 is 36.3 Å². The maximum atomic E-state index is 11.2. The third-order valence-corrected chi connectivity index (χ3v) is 12.6. The Morgan fingerprint density at radius 3 is 1.21 bits per heavy atom. The van der Waals surface area contributed by atoms with Crippen LogP contribution in [0.15, 0.2) is 0 Å². The van der Waals surface area contributed by atoms with Gasteiger partial charge < -0.3 is 4.12 Å². The Balaban J connectivity index is 4.54. The van der Waals surface area contributed by atoms with Crippen molar-refractivity contribution in [3.63, 3.8) is 0 Å². The van der Waals surface area contributed by atoms with Gasteiger partial charge >= 0.3 is 0 Å². The quantitative estimate of drug-likeness (QED) is 0.622. The largest absolute Gasteiger partial charge is 0.455 e. The lowest BCUT2D eigenvalue weighted by atomic mass is 11.0. The topological polar surface area (TPSA) is 77.5 Å². The lowest BCUT2D eigenvalue weighted by Crippen LogP contribution is -2.45. The molecular formula is C10H26O5S2Si2. The summed E-state index contributed by atoms with van der Waals surface area (Å²) >= 11 is 0. The maximum Gasteiger partial charge on any atom is 0.174 e. The molecule has 0 aromatic heterocycles. The zero-order valence-corrected chi connectivity index (χ0v) is 16.3. The zero-order valence-electron chi connectivity index (χ0n) is 12.7. The first-order chi connectivity index (χ1) is 8.12. The number of sulfone groups is 2. The first-order valence-corrected chi connectivity index (χ1v) is 16.5. The average molecular weight is 347 g/mol. The highest BCUT2D eigenvalue weighted by atomic mass is 32.2. The molecule has 0 saturated carbocycles. The fourth-order valence-corrected chi connectivity index (χ4v) is 15.4. The molecule has 0 saturated heterocycles. The molecule has 0 aliphatic heterocycles. The number of rotatable bonds is 8. The molecule has 0 atom stereocenters. The van der Waals surface area contributed by atoms with Crippen molar-refractivity contribution in [3.8, 4) is 0 Å². The van der Waals surface area contributed by atoms with Crippen LogP contribution in [0.1, 0.15) is 0 Å². The lowest BCUT2D eigenvalue weighted by Gasteiger charge is -2.33. The number of hydrogen-bond acceptors (Lipinski definition) is 5. The Kier molecular flexibility index (Phi) is 6.47. The molecule has 19 heavy (non-hydrogen) atoms. The molecular weight excluding hydrogens is 320 g/mol. The predicted molar refractivity (Wildman–Crippen MR) is 85.1 cm³/mol. The first kappa shape index (κ1) is 19.3. The molecule has 0 radical (unpaired) electrons. The molecule has 0 amide bonds. The molecule has 9 heteroatoms. The summed E-state index contributed by atoms with van der Waals surface area (Å²) in [5.41, 5.74) is 0. The SMILES string of the molecule is C[Si](C)(CCS(C)(=O)=O)O[Si](C)(C)CCS(C)(=O)=O. The van der Waals surface area contributed by atoms with Crippen molar-refractivity contribution < 1.29 is 21.0 Å². The lowest BCUT2D eigenvalue weighted by molar-refractivity contribution is 0.539. The summed E-state index contributed by atoms with van der Waals surface area (Å²) in [5.74, 6) is 0.283. The van der Waals surface area contributed by atoms with Gasteiger partial charge in [0.2, 0.25) is 0 Å². The molecule has 0 aliphatic carbocycles. The summed E-state index contributed by atoms with van der Waals surface area (Å²) in [6, 6.07) is 1.11. The molecule has 0 aromatic rings. The van der Waals surface area contributed by atoms with Crippen molar-refractivity contribution in [2.24, 2.45) is 0 Å². The standard InChI is InChI=1S/C10H26O5S2Si2/c1-16(11,12)7-9-18(3,4)15-19(5,6)10-8-17(2,13)14/h7-10H2,1-6H3. The fraction of sp³-hybridized carbons (Fsp3) is 1.00. The minimum Gasteiger partial charge on any atom is -0.455 e. The Bertz CT molecular complexity index is 448. The van der Waals surface area contributed by atoms with Crippen LogP contribution in [0.3, 0.4) is 0 Å². The van der Waals surface area contributed by atoms with Crippen LogP contribution in [-0.2, 0) is 23.8 Å². The molecule has 0 aromatic carbocycles. The van der Waals surface area contributed by atoms with Crippen molar-refractivity contribution in [2.75, 3.05) is 24.0 Å². The Morgan fingerprint density at radius 2 is 1.00 bits per heavy atom. The normalized spacial score (nSPS) is 14.6. The molecule has 5 nitrogen and oxygen atoms in total. The van der Waals surface area contributed by atoms with E-state index < -0.39 is 36.3 Å². The number of hydrogen-bond donors (Lipinski definition) is 0. The third-order valence-electron chi connectivity index (χ3n) is 2.70. The van der Waals surface area contributed by atoms with Gasteiger partial charge in [0.15, 0.2) is 16.6 Å². The molecule has 0 unspecified atom stereocenters. The summed E-state index contributed by atoms with van der Waals surface area (Å²) in [6.45, 7) is 7.97. The molecule has 116 valence electrons. The fourth-order valence-electron chi connectivity index (χ4n) is 1.71. The van der Waals surface area contributed by atoms with Crippen LogP contribution in [-0.4, -0.2) is 57.5 Å². The van der Waals surface area contributed by atoms with Crippen molar-refractivity contribution in [1.29, 1.82) is 0 Å². The Labute approximate surface area is 119 Å². The maximum absolute atomic E-state index is 11.2. The average Bonchev–Trinajstić information content (AvgIpc) is 2.09. The molecule has 0 rings (SSSR count). The Morgan fingerprint density at radius 1 is 0.737 bits per heavy atom. The van der Waals surface area contributed by atoms with E-state index in [1.165, 1.54) is 12.5 Å². The van der Waals surface area contributed by atoms with Crippen molar-refractivity contribution in [1.82, 2.24) is 0 Å². The van der Waals surface area contributed by atoms with E-state index in [1.54, 1.807) is 0 Å².